The standard InChI is InChI=1S/C39H44N12/c1-48(2)21-22-49-23-25-51(26-24-49)33-14-13-32-37(43-33)44-35(34(42-32)29-7-4-3-5-8-29)30-11-9-28(10-12-30)27-50-19-15-31(16-20-50)36-45-39(47-46-36)38-40-17-6-18-41-38/h3-14,17-18,31H,15-16,19-27H2,1-2H3,(H,45,46,47). The van der Waals surface area contributed by atoms with E-state index in [0.29, 0.717) is 23.2 Å². The molecule has 260 valence electrons. The van der Waals surface area contributed by atoms with E-state index in [1.807, 2.05) is 6.07 Å². The molecule has 6 heterocycles. The van der Waals surface area contributed by atoms with Crippen LogP contribution < -0.4 is 4.90 Å². The maximum atomic E-state index is 5.20. The summed E-state index contributed by atoms with van der Waals surface area (Å²) in [4.78, 5) is 38.3. The lowest BCUT2D eigenvalue weighted by atomic mass is 9.95. The van der Waals surface area contributed by atoms with Gasteiger partial charge in [0.2, 0.25) is 5.82 Å². The zero-order valence-electron chi connectivity index (χ0n) is 29.4. The van der Waals surface area contributed by atoms with Crippen LogP contribution in [0.25, 0.3) is 45.3 Å². The monoisotopic (exact) mass is 680 g/mol. The summed E-state index contributed by atoms with van der Waals surface area (Å²) in [5, 5.41) is 7.50. The number of likely N-dealkylation sites (tertiary alicyclic amines) is 1. The molecule has 0 radical (unpaired) electrons. The molecule has 0 unspecified atom stereocenters. The van der Waals surface area contributed by atoms with Crippen molar-refractivity contribution in [3.8, 4) is 34.2 Å². The molecule has 0 spiro atoms. The first kappa shape index (κ1) is 33.0. The molecule has 12 heteroatoms. The van der Waals surface area contributed by atoms with Crippen molar-refractivity contribution in [2.75, 3.05) is 71.4 Å². The molecule has 51 heavy (non-hydrogen) atoms. The Kier molecular flexibility index (Phi) is 9.69. The van der Waals surface area contributed by atoms with E-state index < -0.39 is 0 Å². The Morgan fingerprint density at radius 2 is 1.41 bits per heavy atom. The van der Waals surface area contributed by atoms with Gasteiger partial charge in [-0.2, -0.15) is 0 Å². The van der Waals surface area contributed by atoms with Crippen LogP contribution in [0.4, 0.5) is 5.82 Å². The fourth-order valence-electron chi connectivity index (χ4n) is 7.01. The maximum Gasteiger partial charge on any atom is 0.218 e. The fraction of sp³-hybridized carbons (Fsp3) is 0.359. The van der Waals surface area contributed by atoms with Crippen molar-refractivity contribution in [3.05, 3.63) is 96.6 Å². The number of aromatic amines is 1. The molecule has 4 aromatic heterocycles. The minimum Gasteiger partial charge on any atom is -0.354 e. The molecule has 1 N–H and O–H groups in total. The molecule has 6 aromatic rings. The average Bonchev–Trinajstić information content (AvgIpc) is 3.69. The SMILES string of the molecule is CN(C)CCN1CCN(c2ccc3nc(-c4ccccc4)c(-c4ccc(CN5CCC(c6nc(-c7ncccn7)n[nH]6)CC5)cc4)nc3n2)CC1. The topological polar surface area (TPSA) is 119 Å². The Hall–Kier alpha value is -5.17. The highest BCUT2D eigenvalue weighted by atomic mass is 15.3. The average molecular weight is 681 g/mol. The van der Waals surface area contributed by atoms with Gasteiger partial charge in [0.05, 0.1) is 11.4 Å². The van der Waals surface area contributed by atoms with E-state index in [4.69, 9.17) is 19.9 Å². The number of nitrogens with zero attached hydrogens (tertiary/aromatic N) is 11. The van der Waals surface area contributed by atoms with E-state index in [9.17, 15) is 0 Å². The van der Waals surface area contributed by atoms with Crippen molar-refractivity contribution in [2.24, 2.45) is 0 Å². The van der Waals surface area contributed by atoms with Crippen LogP contribution >= 0.6 is 0 Å². The van der Waals surface area contributed by atoms with E-state index in [-0.39, 0.29) is 0 Å². The van der Waals surface area contributed by atoms with Gasteiger partial charge < -0.3 is 9.80 Å². The third kappa shape index (κ3) is 7.63. The minimum atomic E-state index is 0.350. The molecular weight excluding hydrogens is 637 g/mol. The van der Waals surface area contributed by atoms with Gasteiger partial charge in [-0.05, 0) is 63.8 Å². The zero-order chi connectivity index (χ0) is 34.6. The summed E-state index contributed by atoms with van der Waals surface area (Å²) in [6.07, 6.45) is 5.47. The van der Waals surface area contributed by atoms with Gasteiger partial charge in [0.1, 0.15) is 17.2 Å². The van der Waals surface area contributed by atoms with Gasteiger partial charge in [-0.15, -0.1) is 5.10 Å². The number of pyridine rings is 1. The molecule has 12 nitrogen and oxygen atoms in total. The van der Waals surface area contributed by atoms with Crippen LogP contribution in [0.2, 0.25) is 0 Å². The van der Waals surface area contributed by atoms with Gasteiger partial charge in [0.25, 0.3) is 0 Å². The summed E-state index contributed by atoms with van der Waals surface area (Å²) >= 11 is 0. The molecule has 0 saturated carbocycles. The number of benzene rings is 2. The van der Waals surface area contributed by atoms with E-state index in [2.05, 4.69) is 115 Å². The lowest BCUT2D eigenvalue weighted by molar-refractivity contribution is 0.202. The predicted octanol–water partition coefficient (Wildman–Crippen LogP) is 5.00. The van der Waals surface area contributed by atoms with Crippen molar-refractivity contribution in [2.45, 2.75) is 25.3 Å². The molecule has 0 aliphatic carbocycles. The molecule has 8 rings (SSSR count). The molecule has 2 aliphatic heterocycles. The highest BCUT2D eigenvalue weighted by Gasteiger charge is 2.25. The Labute approximate surface area is 298 Å². The van der Waals surface area contributed by atoms with Gasteiger partial charge in [0.15, 0.2) is 11.5 Å². The number of hydrogen-bond donors (Lipinski definition) is 1. The van der Waals surface area contributed by atoms with Crippen LogP contribution in [0.15, 0.2) is 85.2 Å². The Balaban J connectivity index is 0.965. The zero-order valence-corrected chi connectivity index (χ0v) is 29.4. The number of aromatic nitrogens is 8. The molecule has 0 atom stereocenters. The number of H-pyrrole nitrogens is 1. The summed E-state index contributed by atoms with van der Waals surface area (Å²) in [5.74, 6) is 3.35. The normalized spacial score (nSPS) is 16.3. The first-order valence-electron chi connectivity index (χ1n) is 17.9. The second-order valence-corrected chi connectivity index (χ2v) is 13.8. The Morgan fingerprint density at radius 3 is 2.16 bits per heavy atom. The van der Waals surface area contributed by atoms with Crippen LogP contribution in [0.5, 0.6) is 0 Å². The fourth-order valence-corrected chi connectivity index (χ4v) is 7.01. The van der Waals surface area contributed by atoms with Crippen LogP contribution in [0, 0.1) is 0 Å². The molecule has 0 amide bonds. The minimum absolute atomic E-state index is 0.350. The lowest BCUT2D eigenvalue weighted by Gasteiger charge is -2.35. The second kappa shape index (κ2) is 15.0. The molecule has 0 bridgehead atoms. The maximum absolute atomic E-state index is 5.20. The number of fused-ring (bicyclic) bond motifs is 1. The third-order valence-electron chi connectivity index (χ3n) is 10.00. The molecule has 2 saturated heterocycles. The quantitative estimate of drug-likeness (QED) is 0.211. The summed E-state index contributed by atoms with van der Waals surface area (Å²) in [6.45, 7) is 9.05. The van der Waals surface area contributed by atoms with Crippen LogP contribution in [0.3, 0.4) is 0 Å². The number of anilines is 1. The second-order valence-electron chi connectivity index (χ2n) is 13.8. The van der Waals surface area contributed by atoms with Gasteiger partial charge in [-0.1, -0.05) is 54.6 Å². The lowest BCUT2D eigenvalue weighted by Crippen LogP contribution is -2.48. The Morgan fingerprint density at radius 1 is 0.686 bits per heavy atom. The highest BCUT2D eigenvalue weighted by Crippen LogP contribution is 2.32. The first-order chi connectivity index (χ1) is 25.1. The van der Waals surface area contributed by atoms with E-state index in [1.54, 1.807) is 18.5 Å². The smallest absolute Gasteiger partial charge is 0.218 e. The van der Waals surface area contributed by atoms with Gasteiger partial charge in [0, 0.05) is 75.3 Å². The number of piperidine rings is 1. The molecular formula is C39H44N12. The van der Waals surface area contributed by atoms with Crippen LogP contribution in [-0.2, 0) is 6.54 Å². The van der Waals surface area contributed by atoms with Gasteiger partial charge in [-0.25, -0.2) is 29.9 Å². The molecule has 2 aliphatic rings. The largest absolute Gasteiger partial charge is 0.354 e. The number of hydrogen-bond acceptors (Lipinski definition) is 11. The van der Waals surface area contributed by atoms with Gasteiger partial charge in [-0.3, -0.25) is 14.9 Å². The van der Waals surface area contributed by atoms with Crippen LogP contribution in [0.1, 0.15) is 30.1 Å². The molecule has 2 fully saturated rings. The summed E-state index contributed by atoms with van der Waals surface area (Å²) in [5.41, 5.74) is 6.57. The van der Waals surface area contributed by atoms with Crippen molar-refractivity contribution in [1.29, 1.82) is 0 Å². The summed E-state index contributed by atoms with van der Waals surface area (Å²) in [6, 6.07) is 25.1. The highest BCUT2D eigenvalue weighted by molar-refractivity contribution is 5.85. The van der Waals surface area contributed by atoms with E-state index in [0.717, 1.165) is 111 Å². The summed E-state index contributed by atoms with van der Waals surface area (Å²) in [7, 11) is 4.26. The van der Waals surface area contributed by atoms with Crippen molar-refractivity contribution in [3.63, 3.8) is 0 Å². The molecule has 2 aromatic carbocycles. The number of piperazine rings is 1. The first-order valence-corrected chi connectivity index (χ1v) is 17.9. The number of rotatable bonds is 10. The summed E-state index contributed by atoms with van der Waals surface area (Å²) < 4.78 is 0. The van der Waals surface area contributed by atoms with Gasteiger partial charge >= 0.3 is 0 Å². The third-order valence-corrected chi connectivity index (χ3v) is 10.00. The van der Waals surface area contributed by atoms with Crippen molar-refractivity contribution in [1.82, 2.24) is 54.8 Å². The Bertz CT molecular complexity index is 2030. The van der Waals surface area contributed by atoms with Crippen molar-refractivity contribution >= 4 is 17.0 Å². The number of nitrogens with one attached hydrogen (secondary N) is 1. The van der Waals surface area contributed by atoms with E-state index in [1.165, 1.54) is 5.56 Å². The van der Waals surface area contributed by atoms with E-state index >= 15 is 0 Å². The predicted molar refractivity (Wildman–Crippen MR) is 200 cm³/mol. The van der Waals surface area contributed by atoms with Crippen molar-refractivity contribution < 1.29 is 0 Å². The number of likely N-dealkylation sites (N-methyl/N-ethyl adjacent to an activating group) is 1. The van der Waals surface area contributed by atoms with Crippen LogP contribution in [-0.4, -0.2) is 121 Å².